The summed E-state index contributed by atoms with van der Waals surface area (Å²) < 4.78 is 2.02. The number of pyridine rings is 1. The predicted octanol–water partition coefficient (Wildman–Crippen LogP) is 4.38. The van der Waals surface area contributed by atoms with Gasteiger partial charge in [0.1, 0.15) is 0 Å². The van der Waals surface area contributed by atoms with Crippen molar-refractivity contribution in [2.45, 2.75) is 41.0 Å². The zero-order valence-corrected chi connectivity index (χ0v) is 13.2. The molecule has 0 radical (unpaired) electrons. The number of nitrogens with zero attached hydrogens (tertiary/aromatic N) is 2. The van der Waals surface area contributed by atoms with Crippen LogP contribution < -0.4 is 0 Å². The molecule has 0 amide bonds. The zero-order chi connectivity index (χ0) is 14.0. The molecule has 0 fully saturated rings. The lowest BCUT2D eigenvalue weighted by Gasteiger charge is -2.21. The van der Waals surface area contributed by atoms with Crippen LogP contribution in [0.15, 0.2) is 24.4 Å². The first-order chi connectivity index (χ1) is 8.77. The molecule has 0 aromatic carbocycles. The molecule has 0 saturated heterocycles. The molecule has 2 heterocycles. The monoisotopic (exact) mass is 266 g/mol. The fourth-order valence-corrected chi connectivity index (χ4v) is 1.88. The summed E-state index contributed by atoms with van der Waals surface area (Å²) in [6.07, 6.45) is 5.11. The smallest absolute Gasteiger partial charge is 0.0688 e. The molecule has 1 aromatic heterocycles. The number of aryl methyl sites for hydroxylation is 1. The molecule has 0 saturated carbocycles. The Bertz CT molecular complexity index is 361. The quantitative estimate of drug-likeness (QED) is 0.759. The van der Waals surface area contributed by atoms with Crippen molar-refractivity contribution in [3.05, 3.63) is 35.7 Å². The van der Waals surface area contributed by atoms with E-state index in [1.54, 1.807) is 0 Å². The molecule has 102 valence electrons. The van der Waals surface area contributed by atoms with Crippen LogP contribution in [0.4, 0.5) is 0 Å². The SMILES string of the molecule is CC.CC.Cc1cccnc1C1=CCN(S)CC1. The van der Waals surface area contributed by atoms with E-state index in [0.717, 1.165) is 25.2 Å². The van der Waals surface area contributed by atoms with E-state index in [2.05, 4.69) is 36.9 Å². The Morgan fingerprint density at radius 3 is 2.39 bits per heavy atom. The highest BCUT2D eigenvalue weighted by Gasteiger charge is 2.12. The van der Waals surface area contributed by atoms with Gasteiger partial charge < -0.3 is 0 Å². The van der Waals surface area contributed by atoms with Crippen molar-refractivity contribution >= 4 is 18.4 Å². The van der Waals surface area contributed by atoms with Gasteiger partial charge in [-0.3, -0.25) is 4.98 Å². The Balaban J connectivity index is 0.000000659. The summed E-state index contributed by atoms with van der Waals surface area (Å²) in [5, 5.41) is 0. The highest BCUT2D eigenvalue weighted by atomic mass is 32.1. The first kappa shape index (κ1) is 17.2. The third-order valence-corrected chi connectivity index (χ3v) is 2.86. The van der Waals surface area contributed by atoms with Crippen molar-refractivity contribution in [3.8, 4) is 0 Å². The van der Waals surface area contributed by atoms with Crippen LogP contribution in [0.1, 0.15) is 45.4 Å². The maximum absolute atomic E-state index is 4.42. The molecule has 1 aliphatic heterocycles. The van der Waals surface area contributed by atoms with Gasteiger partial charge in [0.05, 0.1) is 5.69 Å². The van der Waals surface area contributed by atoms with E-state index in [4.69, 9.17) is 0 Å². The molecule has 0 aliphatic carbocycles. The van der Waals surface area contributed by atoms with E-state index < -0.39 is 0 Å². The number of hydrogen-bond donors (Lipinski definition) is 1. The summed E-state index contributed by atoms with van der Waals surface area (Å²) in [4.78, 5) is 4.42. The van der Waals surface area contributed by atoms with Gasteiger partial charge in [-0.05, 0) is 30.5 Å². The maximum atomic E-state index is 4.42. The van der Waals surface area contributed by atoms with E-state index in [1.165, 1.54) is 11.1 Å². The van der Waals surface area contributed by atoms with Crippen LogP contribution in [0.2, 0.25) is 0 Å². The third-order valence-electron chi connectivity index (χ3n) is 2.50. The molecule has 0 atom stereocenters. The molecule has 1 aromatic rings. The summed E-state index contributed by atoms with van der Waals surface area (Å²) >= 11 is 4.31. The van der Waals surface area contributed by atoms with Crippen LogP contribution in [0, 0.1) is 6.92 Å². The average molecular weight is 266 g/mol. The Morgan fingerprint density at radius 2 is 1.89 bits per heavy atom. The fraction of sp³-hybridized carbons (Fsp3) is 0.533. The second kappa shape index (κ2) is 10.2. The molecule has 18 heavy (non-hydrogen) atoms. The number of rotatable bonds is 1. The second-order valence-corrected chi connectivity index (χ2v) is 4.13. The van der Waals surface area contributed by atoms with Gasteiger partial charge in [0.25, 0.3) is 0 Å². The topological polar surface area (TPSA) is 16.1 Å². The first-order valence-electron chi connectivity index (χ1n) is 6.82. The second-order valence-electron chi connectivity index (χ2n) is 3.56. The van der Waals surface area contributed by atoms with Gasteiger partial charge in [-0.15, -0.1) is 0 Å². The number of aromatic nitrogens is 1. The lowest BCUT2D eigenvalue weighted by molar-refractivity contribution is 0.522. The molecule has 1 aliphatic rings. The highest BCUT2D eigenvalue weighted by molar-refractivity contribution is 7.77. The highest BCUT2D eigenvalue weighted by Crippen LogP contribution is 2.23. The minimum atomic E-state index is 0.911. The lowest BCUT2D eigenvalue weighted by atomic mass is 10.0. The number of thiol groups is 1. The van der Waals surface area contributed by atoms with Gasteiger partial charge >= 0.3 is 0 Å². The van der Waals surface area contributed by atoms with Crippen molar-refractivity contribution in [2.75, 3.05) is 13.1 Å². The van der Waals surface area contributed by atoms with E-state index in [-0.39, 0.29) is 0 Å². The van der Waals surface area contributed by atoms with Crippen molar-refractivity contribution in [1.29, 1.82) is 0 Å². The lowest BCUT2D eigenvalue weighted by Crippen LogP contribution is -2.19. The van der Waals surface area contributed by atoms with Gasteiger partial charge in [-0.2, -0.15) is 0 Å². The van der Waals surface area contributed by atoms with Crippen molar-refractivity contribution in [1.82, 2.24) is 9.29 Å². The van der Waals surface area contributed by atoms with Crippen LogP contribution >= 0.6 is 12.8 Å². The standard InChI is InChI=1S/C11H14N2S.2C2H6/c1-9-3-2-6-12-11(9)10-4-7-13(14)8-5-10;2*1-2/h2-4,6,14H,5,7-8H2,1H3;2*1-2H3. The Morgan fingerprint density at radius 1 is 1.22 bits per heavy atom. The minimum Gasteiger partial charge on any atom is -0.256 e. The van der Waals surface area contributed by atoms with Crippen LogP contribution in [-0.2, 0) is 0 Å². The minimum absolute atomic E-state index is 0.911. The molecular formula is C15H26N2S. The van der Waals surface area contributed by atoms with Crippen LogP contribution in [0.5, 0.6) is 0 Å². The summed E-state index contributed by atoms with van der Waals surface area (Å²) in [7, 11) is 0. The molecule has 2 nitrogen and oxygen atoms in total. The molecule has 0 spiro atoms. The largest absolute Gasteiger partial charge is 0.256 e. The van der Waals surface area contributed by atoms with Crippen molar-refractivity contribution < 1.29 is 0 Å². The van der Waals surface area contributed by atoms with Crippen LogP contribution in [0.3, 0.4) is 0 Å². The summed E-state index contributed by atoms with van der Waals surface area (Å²) in [6.45, 7) is 12.0. The van der Waals surface area contributed by atoms with Crippen molar-refractivity contribution in [2.24, 2.45) is 0 Å². The normalized spacial score (nSPS) is 14.7. The Labute approximate surface area is 118 Å². The Kier molecular flexibility index (Phi) is 9.70. The molecule has 3 heteroatoms. The fourth-order valence-electron chi connectivity index (χ4n) is 1.70. The van der Waals surface area contributed by atoms with E-state index in [1.807, 2.05) is 44.3 Å². The number of hydrogen-bond acceptors (Lipinski definition) is 3. The van der Waals surface area contributed by atoms with E-state index >= 15 is 0 Å². The third kappa shape index (κ3) is 5.23. The molecule has 2 rings (SSSR count). The zero-order valence-electron chi connectivity index (χ0n) is 12.3. The van der Waals surface area contributed by atoms with Gasteiger partial charge in [-0.25, -0.2) is 4.31 Å². The van der Waals surface area contributed by atoms with Gasteiger partial charge in [-0.1, -0.05) is 52.7 Å². The Hall–Kier alpha value is -0.800. The molecular weight excluding hydrogens is 240 g/mol. The average Bonchev–Trinajstić information content (AvgIpc) is 2.45. The predicted molar refractivity (Wildman–Crippen MR) is 84.8 cm³/mol. The molecule has 0 unspecified atom stereocenters. The van der Waals surface area contributed by atoms with Gasteiger partial charge in [0.2, 0.25) is 0 Å². The molecule has 0 N–H and O–H groups in total. The van der Waals surface area contributed by atoms with E-state index in [9.17, 15) is 0 Å². The molecule has 0 bridgehead atoms. The summed E-state index contributed by atoms with van der Waals surface area (Å²) in [5.74, 6) is 0. The van der Waals surface area contributed by atoms with Gasteiger partial charge in [0.15, 0.2) is 0 Å². The van der Waals surface area contributed by atoms with Crippen molar-refractivity contribution in [3.63, 3.8) is 0 Å². The van der Waals surface area contributed by atoms with Crippen LogP contribution in [0.25, 0.3) is 5.57 Å². The maximum Gasteiger partial charge on any atom is 0.0688 e. The van der Waals surface area contributed by atoms with E-state index in [0.29, 0.717) is 0 Å². The first-order valence-corrected chi connectivity index (χ1v) is 7.22. The van der Waals surface area contributed by atoms with Gasteiger partial charge in [0, 0.05) is 19.3 Å². The summed E-state index contributed by atoms with van der Waals surface area (Å²) in [5.41, 5.74) is 3.76. The summed E-state index contributed by atoms with van der Waals surface area (Å²) in [6, 6.07) is 4.09. The van der Waals surface area contributed by atoms with Crippen LogP contribution in [-0.4, -0.2) is 22.4 Å².